The highest BCUT2D eigenvalue weighted by Gasteiger charge is 2.44. The molecule has 224 valence electrons. The number of carbonyl (C=O) groups is 3. The number of hydrogen-bond acceptors (Lipinski definition) is 6. The van der Waals surface area contributed by atoms with Gasteiger partial charge in [0.1, 0.15) is 11.1 Å². The maximum absolute atomic E-state index is 13.8. The van der Waals surface area contributed by atoms with E-state index in [1.54, 1.807) is 4.90 Å². The van der Waals surface area contributed by atoms with Crippen LogP contribution in [-0.4, -0.2) is 77.1 Å². The Morgan fingerprint density at radius 1 is 1.00 bits per heavy atom. The van der Waals surface area contributed by atoms with Gasteiger partial charge in [-0.1, -0.05) is 51.4 Å². The van der Waals surface area contributed by atoms with E-state index in [0.717, 1.165) is 19.4 Å². The van der Waals surface area contributed by atoms with Crippen molar-refractivity contribution in [2.24, 2.45) is 11.8 Å². The molecule has 2 N–H and O–H groups in total. The second kappa shape index (κ2) is 13.5. The Labute approximate surface area is 240 Å². The van der Waals surface area contributed by atoms with Gasteiger partial charge in [0.15, 0.2) is 0 Å². The van der Waals surface area contributed by atoms with Crippen molar-refractivity contribution in [2.45, 2.75) is 134 Å². The number of amides is 3. The molecule has 0 radical (unpaired) electrons. The summed E-state index contributed by atoms with van der Waals surface area (Å²) >= 11 is 0. The SMILES string of the molecule is CC(C)(C)OC(=O)NC1CCN(C(=O)CC(CC2CCCCC2)C(=O)NC2(C#N)CCN(C3CCCCC3)C2)C1. The van der Waals surface area contributed by atoms with Gasteiger partial charge in [-0.2, -0.15) is 5.26 Å². The summed E-state index contributed by atoms with van der Waals surface area (Å²) in [5.41, 5.74) is -1.45. The molecule has 3 amide bonds. The lowest BCUT2D eigenvalue weighted by atomic mass is 9.81. The molecule has 0 aromatic carbocycles. The van der Waals surface area contributed by atoms with E-state index in [4.69, 9.17) is 4.74 Å². The molecule has 2 heterocycles. The van der Waals surface area contributed by atoms with E-state index in [1.165, 1.54) is 51.4 Å². The van der Waals surface area contributed by atoms with E-state index >= 15 is 0 Å². The maximum atomic E-state index is 13.8. The van der Waals surface area contributed by atoms with Gasteiger partial charge in [0.05, 0.1) is 12.1 Å². The quantitative estimate of drug-likeness (QED) is 0.454. The van der Waals surface area contributed by atoms with E-state index in [2.05, 4.69) is 21.6 Å². The van der Waals surface area contributed by atoms with E-state index in [1.807, 2.05) is 20.8 Å². The van der Waals surface area contributed by atoms with Crippen LogP contribution in [-0.2, 0) is 14.3 Å². The number of nitriles is 1. The fourth-order valence-electron chi connectivity index (χ4n) is 7.18. The van der Waals surface area contributed by atoms with Crippen molar-refractivity contribution in [1.82, 2.24) is 20.4 Å². The highest BCUT2D eigenvalue weighted by Crippen LogP contribution is 2.33. The summed E-state index contributed by atoms with van der Waals surface area (Å²) in [6.45, 7) is 7.86. The standard InChI is InChI=1S/C31H51N5O4/c1-30(2,3)40-29(39)33-25-14-16-35(20-25)27(37)19-24(18-23-10-6-4-7-11-23)28(38)34-31(21-32)15-17-36(22-31)26-12-8-5-9-13-26/h23-26H,4-20,22H2,1-3H3,(H,33,39)(H,34,38). The van der Waals surface area contributed by atoms with Crippen LogP contribution >= 0.6 is 0 Å². The Kier molecular flexibility index (Phi) is 10.4. The molecule has 4 aliphatic rings. The largest absolute Gasteiger partial charge is 0.444 e. The first-order valence-corrected chi connectivity index (χ1v) is 15.8. The Morgan fingerprint density at radius 2 is 1.68 bits per heavy atom. The molecule has 0 aromatic heterocycles. The fourth-order valence-corrected chi connectivity index (χ4v) is 7.18. The number of alkyl carbamates (subject to hydrolysis) is 1. The normalized spacial score (nSPS) is 27.6. The Hall–Kier alpha value is -2.34. The van der Waals surface area contributed by atoms with Crippen LogP contribution in [0, 0.1) is 23.2 Å². The molecular weight excluding hydrogens is 506 g/mol. The zero-order chi connectivity index (χ0) is 28.8. The minimum atomic E-state index is -0.877. The van der Waals surface area contributed by atoms with Crippen molar-refractivity contribution < 1.29 is 19.1 Å². The van der Waals surface area contributed by atoms with Gasteiger partial charge >= 0.3 is 6.09 Å². The molecule has 2 aliphatic heterocycles. The van der Waals surface area contributed by atoms with Crippen molar-refractivity contribution in [2.75, 3.05) is 26.2 Å². The number of nitrogens with zero attached hydrogens (tertiary/aromatic N) is 3. The molecule has 3 unspecified atom stereocenters. The first kappa shape index (κ1) is 30.6. The van der Waals surface area contributed by atoms with Gasteiger partial charge in [0, 0.05) is 44.6 Å². The molecule has 9 heteroatoms. The van der Waals surface area contributed by atoms with Gasteiger partial charge in [0.25, 0.3) is 0 Å². The van der Waals surface area contributed by atoms with Crippen LogP contribution in [0.5, 0.6) is 0 Å². The number of ether oxygens (including phenoxy) is 1. The van der Waals surface area contributed by atoms with E-state index in [0.29, 0.717) is 50.9 Å². The highest BCUT2D eigenvalue weighted by molar-refractivity contribution is 5.86. The van der Waals surface area contributed by atoms with Gasteiger partial charge in [0.2, 0.25) is 11.8 Å². The average Bonchev–Trinajstić information content (AvgIpc) is 3.56. The van der Waals surface area contributed by atoms with Gasteiger partial charge in [-0.25, -0.2) is 4.79 Å². The molecule has 0 aromatic rings. The van der Waals surface area contributed by atoms with Crippen LogP contribution in [0.1, 0.15) is 111 Å². The maximum Gasteiger partial charge on any atom is 0.407 e. The van der Waals surface area contributed by atoms with Crippen LogP contribution in [0.25, 0.3) is 0 Å². The molecule has 3 atom stereocenters. The molecule has 0 spiro atoms. The zero-order valence-electron chi connectivity index (χ0n) is 25.0. The lowest BCUT2D eigenvalue weighted by molar-refractivity contribution is -0.136. The predicted octanol–water partition coefficient (Wildman–Crippen LogP) is 4.51. The summed E-state index contributed by atoms with van der Waals surface area (Å²) in [6, 6.07) is 2.82. The van der Waals surface area contributed by atoms with Crippen LogP contribution in [0.4, 0.5) is 4.79 Å². The summed E-state index contributed by atoms with van der Waals surface area (Å²) in [5, 5.41) is 16.2. The Bertz CT molecular complexity index is 931. The number of rotatable bonds is 8. The number of carbonyl (C=O) groups excluding carboxylic acids is 3. The third-order valence-corrected chi connectivity index (χ3v) is 9.36. The van der Waals surface area contributed by atoms with Crippen molar-refractivity contribution in [3.8, 4) is 6.07 Å². The first-order chi connectivity index (χ1) is 19.1. The molecule has 9 nitrogen and oxygen atoms in total. The molecule has 0 bridgehead atoms. The van der Waals surface area contributed by atoms with Crippen LogP contribution in [0.15, 0.2) is 0 Å². The molecule has 4 fully saturated rings. The van der Waals surface area contributed by atoms with Crippen LogP contribution < -0.4 is 10.6 Å². The number of hydrogen-bond donors (Lipinski definition) is 2. The molecule has 2 saturated heterocycles. The summed E-state index contributed by atoms with van der Waals surface area (Å²) in [4.78, 5) is 43.6. The minimum absolute atomic E-state index is 0.0503. The summed E-state index contributed by atoms with van der Waals surface area (Å²) in [5.74, 6) is -0.195. The second-order valence-corrected chi connectivity index (χ2v) is 13.8. The zero-order valence-corrected chi connectivity index (χ0v) is 25.0. The first-order valence-electron chi connectivity index (χ1n) is 15.8. The van der Waals surface area contributed by atoms with Crippen molar-refractivity contribution in [1.29, 1.82) is 5.26 Å². The molecule has 2 saturated carbocycles. The van der Waals surface area contributed by atoms with Gasteiger partial charge in [-0.05, 0) is 58.8 Å². The average molecular weight is 558 g/mol. The van der Waals surface area contributed by atoms with Gasteiger partial charge in [-0.15, -0.1) is 0 Å². The van der Waals surface area contributed by atoms with Crippen LogP contribution in [0.2, 0.25) is 0 Å². The smallest absolute Gasteiger partial charge is 0.407 e. The predicted molar refractivity (Wildman–Crippen MR) is 153 cm³/mol. The second-order valence-electron chi connectivity index (χ2n) is 13.8. The molecule has 40 heavy (non-hydrogen) atoms. The third-order valence-electron chi connectivity index (χ3n) is 9.36. The van der Waals surface area contributed by atoms with Gasteiger partial charge in [-0.3, -0.25) is 14.5 Å². The monoisotopic (exact) mass is 557 g/mol. The van der Waals surface area contributed by atoms with Gasteiger partial charge < -0.3 is 20.3 Å². The molecule has 4 rings (SSSR count). The highest BCUT2D eigenvalue weighted by atomic mass is 16.6. The van der Waals surface area contributed by atoms with E-state index in [-0.39, 0.29) is 24.3 Å². The van der Waals surface area contributed by atoms with E-state index in [9.17, 15) is 19.6 Å². The van der Waals surface area contributed by atoms with Crippen molar-refractivity contribution in [3.63, 3.8) is 0 Å². The Balaban J connectivity index is 1.36. The minimum Gasteiger partial charge on any atom is -0.444 e. The Morgan fingerprint density at radius 3 is 2.33 bits per heavy atom. The lowest BCUT2D eigenvalue weighted by Gasteiger charge is -2.33. The summed E-state index contributed by atoms with van der Waals surface area (Å²) in [6.07, 6.45) is 13.6. The van der Waals surface area contributed by atoms with Crippen molar-refractivity contribution in [3.05, 3.63) is 0 Å². The number of nitrogens with one attached hydrogen (secondary N) is 2. The van der Waals surface area contributed by atoms with E-state index < -0.39 is 23.2 Å². The lowest BCUT2D eigenvalue weighted by Crippen LogP contribution is -2.52. The fraction of sp³-hybridized carbons (Fsp3) is 0.871. The summed E-state index contributed by atoms with van der Waals surface area (Å²) in [7, 11) is 0. The molecule has 2 aliphatic carbocycles. The molecular formula is C31H51N5O4. The van der Waals surface area contributed by atoms with Crippen molar-refractivity contribution >= 4 is 17.9 Å². The third kappa shape index (κ3) is 8.58. The number of likely N-dealkylation sites (tertiary alicyclic amines) is 2. The topological polar surface area (TPSA) is 115 Å². The summed E-state index contributed by atoms with van der Waals surface area (Å²) < 4.78 is 5.37. The van der Waals surface area contributed by atoms with Crippen LogP contribution in [0.3, 0.4) is 0 Å².